The Morgan fingerprint density at radius 3 is 2.67 bits per heavy atom. The maximum Gasteiger partial charge on any atom is 0.256 e. The van der Waals surface area contributed by atoms with Crippen molar-refractivity contribution in [3.05, 3.63) is 42.0 Å². The molecule has 0 aliphatic carbocycles. The van der Waals surface area contributed by atoms with Crippen molar-refractivity contribution in [2.75, 3.05) is 11.9 Å². The van der Waals surface area contributed by atoms with Gasteiger partial charge in [0.15, 0.2) is 0 Å². The summed E-state index contributed by atoms with van der Waals surface area (Å²) in [7, 11) is 0. The third-order valence-electron chi connectivity index (χ3n) is 4.70. The van der Waals surface area contributed by atoms with Crippen LogP contribution in [0.5, 0.6) is 0 Å². The minimum Gasteiger partial charge on any atom is -0.365 e. The Labute approximate surface area is 142 Å². The zero-order valence-corrected chi connectivity index (χ0v) is 14.4. The summed E-state index contributed by atoms with van der Waals surface area (Å²) in [5.41, 5.74) is 8.96. The molecule has 1 aliphatic rings. The molecule has 1 aliphatic heterocycles. The molecule has 0 radical (unpaired) electrons. The first kappa shape index (κ1) is 16.7. The molecule has 2 heterocycles. The van der Waals surface area contributed by atoms with Crippen LogP contribution in [0.3, 0.4) is 0 Å². The monoisotopic (exact) mass is 328 g/mol. The average molecular weight is 328 g/mol. The van der Waals surface area contributed by atoms with Gasteiger partial charge in [-0.05, 0) is 51.5 Å². The van der Waals surface area contributed by atoms with E-state index in [2.05, 4.69) is 10.3 Å². The fourth-order valence-electron chi connectivity index (χ4n) is 2.98. The first-order valence-corrected chi connectivity index (χ1v) is 8.21. The molecule has 6 heteroatoms. The number of amides is 1. The van der Waals surface area contributed by atoms with E-state index in [-0.39, 0.29) is 11.9 Å². The number of imidazole rings is 1. The maximum absolute atomic E-state index is 12.5. The van der Waals surface area contributed by atoms with Crippen molar-refractivity contribution >= 4 is 11.6 Å². The number of carbonyl (C=O) groups is 1. The molecular formula is C18H24N4O2. The average Bonchev–Trinajstić information content (AvgIpc) is 2.87. The molecule has 2 atom stereocenters. The molecule has 3 N–H and O–H groups in total. The number of hydrogen-bond donors (Lipinski definition) is 2. The zero-order valence-electron chi connectivity index (χ0n) is 14.4. The highest BCUT2D eigenvalue weighted by Crippen LogP contribution is 2.26. The van der Waals surface area contributed by atoms with Crippen LogP contribution in [0.15, 0.2) is 30.6 Å². The Morgan fingerprint density at radius 1 is 1.38 bits per heavy atom. The summed E-state index contributed by atoms with van der Waals surface area (Å²) < 4.78 is 7.70. The van der Waals surface area contributed by atoms with Crippen molar-refractivity contribution in [3.8, 4) is 5.69 Å². The van der Waals surface area contributed by atoms with Crippen LogP contribution in [-0.4, -0.2) is 33.7 Å². The number of nitrogens with one attached hydrogen (secondary N) is 1. The van der Waals surface area contributed by atoms with Gasteiger partial charge >= 0.3 is 0 Å². The van der Waals surface area contributed by atoms with E-state index in [1.807, 2.05) is 42.7 Å². The molecule has 0 spiro atoms. The normalized spacial score (nSPS) is 23.9. The van der Waals surface area contributed by atoms with Gasteiger partial charge in [-0.2, -0.15) is 0 Å². The molecule has 3 rings (SSSR count). The van der Waals surface area contributed by atoms with Crippen LogP contribution in [0.2, 0.25) is 0 Å². The lowest BCUT2D eigenvalue weighted by Crippen LogP contribution is -2.50. The summed E-state index contributed by atoms with van der Waals surface area (Å²) in [6.07, 6.45) is 3.13. The number of hydrogen-bond acceptors (Lipinski definition) is 4. The Bertz CT molecular complexity index is 738. The molecule has 1 saturated heterocycles. The van der Waals surface area contributed by atoms with Crippen molar-refractivity contribution in [3.63, 3.8) is 0 Å². The highest BCUT2D eigenvalue weighted by atomic mass is 16.5. The number of benzene rings is 1. The van der Waals surface area contributed by atoms with Gasteiger partial charge in [0, 0.05) is 36.1 Å². The van der Waals surface area contributed by atoms with Crippen LogP contribution in [0.25, 0.3) is 5.69 Å². The van der Waals surface area contributed by atoms with Crippen molar-refractivity contribution < 1.29 is 9.53 Å². The lowest BCUT2D eigenvalue weighted by atomic mass is 9.91. The topological polar surface area (TPSA) is 82.2 Å². The maximum atomic E-state index is 12.5. The van der Waals surface area contributed by atoms with Gasteiger partial charge < -0.3 is 20.4 Å². The Hall–Kier alpha value is -2.18. The summed E-state index contributed by atoms with van der Waals surface area (Å²) in [5.74, 6) is -0.153. The molecule has 2 aromatic rings. The molecule has 128 valence electrons. The summed E-state index contributed by atoms with van der Waals surface area (Å²) in [5, 5.41) is 2.93. The van der Waals surface area contributed by atoms with Crippen molar-refractivity contribution in [1.29, 1.82) is 0 Å². The number of rotatable bonds is 3. The van der Waals surface area contributed by atoms with Gasteiger partial charge in [-0.25, -0.2) is 4.98 Å². The van der Waals surface area contributed by atoms with E-state index >= 15 is 0 Å². The number of nitrogens with two attached hydrogens (primary N) is 1. The predicted molar refractivity (Wildman–Crippen MR) is 93.2 cm³/mol. The standard InChI is InChI=1S/C18H24N4O2/c1-12-13(2)22(11-20-12)16-6-4-15(5-7-16)21-17(23)18(3)10-14(19)8-9-24-18/h4-7,11,14H,8-10,19H2,1-3H3,(H,21,23). The Morgan fingerprint density at radius 2 is 2.08 bits per heavy atom. The largest absolute Gasteiger partial charge is 0.365 e. The molecule has 0 bridgehead atoms. The fraction of sp³-hybridized carbons (Fsp3) is 0.444. The van der Waals surface area contributed by atoms with E-state index in [9.17, 15) is 4.79 Å². The van der Waals surface area contributed by atoms with Crippen LogP contribution >= 0.6 is 0 Å². The minimum absolute atomic E-state index is 0.00401. The van der Waals surface area contributed by atoms with Crippen LogP contribution in [0.1, 0.15) is 31.2 Å². The summed E-state index contributed by atoms with van der Waals surface area (Å²) >= 11 is 0. The van der Waals surface area contributed by atoms with E-state index < -0.39 is 5.60 Å². The quantitative estimate of drug-likeness (QED) is 0.906. The number of aromatic nitrogens is 2. The number of nitrogens with zero attached hydrogens (tertiary/aromatic N) is 2. The van der Waals surface area contributed by atoms with Gasteiger partial charge in [-0.1, -0.05) is 0 Å². The van der Waals surface area contributed by atoms with Crippen molar-refractivity contribution in [2.45, 2.75) is 45.3 Å². The summed E-state index contributed by atoms with van der Waals surface area (Å²) in [6.45, 7) is 6.33. The third-order valence-corrected chi connectivity index (χ3v) is 4.70. The van der Waals surface area contributed by atoms with E-state index in [0.717, 1.165) is 29.2 Å². The lowest BCUT2D eigenvalue weighted by molar-refractivity contribution is -0.145. The number of aryl methyl sites for hydroxylation is 1. The van der Waals surface area contributed by atoms with Crippen LogP contribution in [0.4, 0.5) is 5.69 Å². The molecule has 0 saturated carbocycles. The molecule has 1 aromatic heterocycles. The van der Waals surface area contributed by atoms with Crippen LogP contribution < -0.4 is 11.1 Å². The molecular weight excluding hydrogens is 304 g/mol. The first-order valence-electron chi connectivity index (χ1n) is 8.21. The number of anilines is 1. The second-order valence-electron chi connectivity index (χ2n) is 6.62. The van der Waals surface area contributed by atoms with Crippen LogP contribution in [-0.2, 0) is 9.53 Å². The van der Waals surface area contributed by atoms with E-state index in [1.165, 1.54) is 0 Å². The minimum atomic E-state index is -0.867. The van der Waals surface area contributed by atoms with Gasteiger partial charge in [-0.15, -0.1) is 0 Å². The number of carbonyl (C=O) groups excluding carboxylic acids is 1. The van der Waals surface area contributed by atoms with Crippen molar-refractivity contribution in [2.24, 2.45) is 5.73 Å². The molecule has 1 aromatic carbocycles. The molecule has 1 fully saturated rings. The second-order valence-corrected chi connectivity index (χ2v) is 6.62. The van der Waals surface area contributed by atoms with Gasteiger partial charge in [0.05, 0.1) is 12.0 Å². The van der Waals surface area contributed by atoms with E-state index in [0.29, 0.717) is 13.0 Å². The summed E-state index contributed by atoms with van der Waals surface area (Å²) in [4.78, 5) is 16.8. The van der Waals surface area contributed by atoms with Gasteiger partial charge in [0.1, 0.15) is 5.60 Å². The number of ether oxygens (including phenoxy) is 1. The molecule has 1 amide bonds. The van der Waals surface area contributed by atoms with Gasteiger partial charge in [0.25, 0.3) is 5.91 Å². The molecule has 2 unspecified atom stereocenters. The highest BCUT2D eigenvalue weighted by Gasteiger charge is 2.38. The molecule has 24 heavy (non-hydrogen) atoms. The highest BCUT2D eigenvalue weighted by molar-refractivity contribution is 5.97. The third kappa shape index (κ3) is 3.20. The SMILES string of the molecule is Cc1ncn(-c2ccc(NC(=O)C3(C)CC(N)CCO3)cc2)c1C. The van der Waals surface area contributed by atoms with Crippen molar-refractivity contribution in [1.82, 2.24) is 9.55 Å². The van der Waals surface area contributed by atoms with Gasteiger partial charge in [-0.3, -0.25) is 4.79 Å². The van der Waals surface area contributed by atoms with E-state index in [1.54, 1.807) is 13.3 Å². The second kappa shape index (κ2) is 6.37. The summed E-state index contributed by atoms with van der Waals surface area (Å²) in [6, 6.07) is 7.69. The van der Waals surface area contributed by atoms with Gasteiger partial charge in [0.2, 0.25) is 0 Å². The molecule has 6 nitrogen and oxygen atoms in total. The van der Waals surface area contributed by atoms with Crippen LogP contribution in [0, 0.1) is 13.8 Å². The zero-order chi connectivity index (χ0) is 17.3. The predicted octanol–water partition coefficient (Wildman–Crippen LogP) is 2.32. The fourth-order valence-corrected chi connectivity index (χ4v) is 2.98. The Balaban J connectivity index is 1.72. The smallest absolute Gasteiger partial charge is 0.256 e. The van der Waals surface area contributed by atoms with E-state index in [4.69, 9.17) is 10.5 Å². The lowest BCUT2D eigenvalue weighted by Gasteiger charge is -2.35. The first-order chi connectivity index (χ1) is 11.4. The Kier molecular flexibility index (Phi) is 4.43.